The number of amides is 1. The minimum absolute atomic E-state index is 0. The van der Waals surface area contributed by atoms with Crippen LogP contribution in [0.25, 0.3) is 5.69 Å². The lowest BCUT2D eigenvalue weighted by Crippen LogP contribution is -2.45. The molecule has 9 heteroatoms. The minimum Gasteiger partial charge on any atom is -0.337 e. The summed E-state index contributed by atoms with van der Waals surface area (Å²) in [6.45, 7) is 3.26. The molecule has 3 rings (SSSR count). The topological polar surface area (TPSA) is 107 Å². The highest BCUT2D eigenvalue weighted by Crippen LogP contribution is 2.23. The highest BCUT2D eigenvalue weighted by atomic mass is 35.5. The SMILES string of the molecule is CC(N)C1CCCN(C(=O)c2ccn(-c3ccccc3[N+](=O)[O-])n2)C1.Cl. The molecule has 0 spiro atoms. The summed E-state index contributed by atoms with van der Waals surface area (Å²) in [5.41, 5.74) is 6.53. The average Bonchev–Trinajstić information content (AvgIpc) is 3.11. The van der Waals surface area contributed by atoms with E-state index in [0.717, 1.165) is 12.8 Å². The molecule has 1 fully saturated rings. The number of carbonyl (C=O) groups is 1. The third-order valence-electron chi connectivity index (χ3n) is 4.62. The first-order valence-electron chi connectivity index (χ1n) is 8.31. The van der Waals surface area contributed by atoms with Crippen LogP contribution in [0.2, 0.25) is 0 Å². The molecule has 0 bridgehead atoms. The lowest BCUT2D eigenvalue weighted by molar-refractivity contribution is -0.384. The number of nitro benzene ring substituents is 1. The third-order valence-corrected chi connectivity index (χ3v) is 4.62. The number of hydrogen-bond acceptors (Lipinski definition) is 5. The quantitative estimate of drug-likeness (QED) is 0.648. The van der Waals surface area contributed by atoms with E-state index >= 15 is 0 Å². The van der Waals surface area contributed by atoms with Gasteiger partial charge in [0.1, 0.15) is 5.69 Å². The van der Waals surface area contributed by atoms with Gasteiger partial charge in [-0.05, 0) is 37.8 Å². The molecule has 140 valence electrons. The van der Waals surface area contributed by atoms with Gasteiger partial charge >= 0.3 is 0 Å². The second-order valence-corrected chi connectivity index (χ2v) is 6.40. The number of benzene rings is 1. The molecule has 1 amide bonds. The Labute approximate surface area is 157 Å². The van der Waals surface area contributed by atoms with Crippen LogP contribution in [0.1, 0.15) is 30.3 Å². The predicted molar refractivity (Wildman–Crippen MR) is 99.7 cm³/mol. The van der Waals surface area contributed by atoms with Gasteiger partial charge in [-0.1, -0.05) is 12.1 Å². The van der Waals surface area contributed by atoms with Crippen LogP contribution in [0.3, 0.4) is 0 Å². The second kappa shape index (κ2) is 8.29. The number of rotatable bonds is 4. The van der Waals surface area contributed by atoms with Crippen LogP contribution in [0.15, 0.2) is 36.5 Å². The van der Waals surface area contributed by atoms with E-state index in [0.29, 0.717) is 18.8 Å². The van der Waals surface area contributed by atoms with Gasteiger partial charge < -0.3 is 10.6 Å². The molecular formula is C17H22ClN5O3. The summed E-state index contributed by atoms with van der Waals surface area (Å²) in [6, 6.07) is 7.94. The van der Waals surface area contributed by atoms with Crippen LogP contribution in [-0.2, 0) is 0 Å². The van der Waals surface area contributed by atoms with E-state index in [9.17, 15) is 14.9 Å². The van der Waals surface area contributed by atoms with Crippen LogP contribution in [0.5, 0.6) is 0 Å². The summed E-state index contributed by atoms with van der Waals surface area (Å²) in [4.78, 5) is 25.2. The minimum atomic E-state index is -0.462. The first-order chi connectivity index (χ1) is 12.0. The standard InChI is InChI=1S/C17H21N5O3.ClH/c1-12(18)13-5-4-9-20(11-13)17(23)14-8-10-21(19-14)15-6-2-3-7-16(15)22(24)25;/h2-3,6-8,10,12-13H,4-5,9,11,18H2,1H3;1H. The van der Waals surface area contributed by atoms with Crippen LogP contribution in [-0.4, -0.2) is 44.6 Å². The van der Waals surface area contributed by atoms with Crippen molar-refractivity contribution in [3.8, 4) is 5.69 Å². The fraction of sp³-hybridized carbons (Fsp3) is 0.412. The molecule has 2 N–H and O–H groups in total. The summed E-state index contributed by atoms with van der Waals surface area (Å²) in [5.74, 6) is 0.123. The van der Waals surface area contributed by atoms with Crippen molar-refractivity contribution in [3.63, 3.8) is 0 Å². The van der Waals surface area contributed by atoms with Crippen molar-refractivity contribution >= 4 is 24.0 Å². The van der Waals surface area contributed by atoms with Gasteiger partial charge in [-0.3, -0.25) is 14.9 Å². The Morgan fingerprint density at radius 3 is 2.81 bits per heavy atom. The number of nitro groups is 1. The Balaban J connectivity index is 0.00000243. The molecule has 0 aliphatic carbocycles. The van der Waals surface area contributed by atoms with E-state index < -0.39 is 4.92 Å². The van der Waals surface area contributed by atoms with Crippen molar-refractivity contribution < 1.29 is 9.72 Å². The molecule has 2 aromatic rings. The summed E-state index contributed by atoms with van der Waals surface area (Å²) < 4.78 is 1.37. The highest BCUT2D eigenvalue weighted by molar-refractivity contribution is 5.92. The van der Waals surface area contributed by atoms with Crippen LogP contribution >= 0.6 is 12.4 Å². The molecule has 26 heavy (non-hydrogen) atoms. The van der Waals surface area contributed by atoms with Gasteiger partial charge in [0.05, 0.1) is 4.92 Å². The normalized spacial score (nSPS) is 18.1. The van der Waals surface area contributed by atoms with E-state index in [2.05, 4.69) is 5.10 Å². The van der Waals surface area contributed by atoms with E-state index in [1.54, 1.807) is 35.4 Å². The van der Waals surface area contributed by atoms with Crippen LogP contribution < -0.4 is 5.73 Å². The zero-order valence-electron chi connectivity index (χ0n) is 14.4. The van der Waals surface area contributed by atoms with Gasteiger partial charge in [0.15, 0.2) is 5.69 Å². The Morgan fingerprint density at radius 2 is 2.12 bits per heavy atom. The lowest BCUT2D eigenvalue weighted by atomic mass is 9.92. The number of para-hydroxylation sites is 2. The fourth-order valence-electron chi connectivity index (χ4n) is 3.17. The maximum absolute atomic E-state index is 12.7. The molecule has 1 aliphatic heterocycles. The molecule has 1 saturated heterocycles. The molecule has 0 radical (unpaired) electrons. The van der Waals surface area contributed by atoms with Gasteiger partial charge in [0.2, 0.25) is 0 Å². The second-order valence-electron chi connectivity index (χ2n) is 6.40. The summed E-state index contributed by atoms with van der Waals surface area (Å²) in [7, 11) is 0. The maximum Gasteiger partial charge on any atom is 0.294 e. The van der Waals surface area contributed by atoms with Crippen LogP contribution in [0, 0.1) is 16.0 Å². The number of piperidine rings is 1. The molecule has 1 aliphatic rings. The number of nitrogens with two attached hydrogens (primary N) is 1. The summed E-state index contributed by atoms with van der Waals surface area (Å²) >= 11 is 0. The molecule has 1 aromatic carbocycles. The lowest BCUT2D eigenvalue weighted by Gasteiger charge is -2.34. The van der Waals surface area contributed by atoms with E-state index in [1.165, 1.54) is 10.7 Å². The van der Waals surface area contributed by atoms with Gasteiger partial charge in [0.25, 0.3) is 11.6 Å². The van der Waals surface area contributed by atoms with E-state index in [1.807, 2.05) is 6.92 Å². The fourth-order valence-corrected chi connectivity index (χ4v) is 3.17. The smallest absolute Gasteiger partial charge is 0.294 e. The number of carbonyl (C=O) groups excluding carboxylic acids is 1. The van der Waals surface area contributed by atoms with Crippen molar-refractivity contribution in [2.45, 2.75) is 25.8 Å². The number of nitrogens with zero attached hydrogens (tertiary/aromatic N) is 4. The van der Waals surface area contributed by atoms with Gasteiger partial charge in [-0.2, -0.15) is 5.10 Å². The first-order valence-corrected chi connectivity index (χ1v) is 8.31. The molecule has 8 nitrogen and oxygen atoms in total. The molecule has 2 heterocycles. The van der Waals surface area contributed by atoms with Crippen molar-refractivity contribution in [1.29, 1.82) is 0 Å². The average molecular weight is 380 g/mol. The van der Waals surface area contributed by atoms with Crippen molar-refractivity contribution in [3.05, 3.63) is 52.3 Å². The maximum atomic E-state index is 12.7. The van der Waals surface area contributed by atoms with Crippen molar-refractivity contribution in [2.24, 2.45) is 11.7 Å². The number of aromatic nitrogens is 2. The number of hydrogen-bond donors (Lipinski definition) is 1. The molecule has 2 unspecified atom stereocenters. The largest absolute Gasteiger partial charge is 0.337 e. The zero-order chi connectivity index (χ0) is 18.0. The monoisotopic (exact) mass is 379 g/mol. The Hall–Kier alpha value is -2.45. The molecule has 1 aromatic heterocycles. The summed E-state index contributed by atoms with van der Waals surface area (Å²) in [5, 5.41) is 15.4. The van der Waals surface area contributed by atoms with Gasteiger partial charge in [0, 0.05) is 31.4 Å². The van der Waals surface area contributed by atoms with Gasteiger partial charge in [-0.15, -0.1) is 12.4 Å². The molecular weight excluding hydrogens is 358 g/mol. The number of halogens is 1. The Bertz CT molecular complexity index is 792. The van der Waals surface area contributed by atoms with Crippen molar-refractivity contribution in [1.82, 2.24) is 14.7 Å². The summed E-state index contributed by atoms with van der Waals surface area (Å²) in [6.07, 6.45) is 3.51. The van der Waals surface area contributed by atoms with Crippen LogP contribution in [0.4, 0.5) is 5.69 Å². The highest BCUT2D eigenvalue weighted by Gasteiger charge is 2.28. The third kappa shape index (κ3) is 4.03. The first kappa shape index (κ1) is 19.9. The van der Waals surface area contributed by atoms with E-state index in [-0.39, 0.29) is 41.7 Å². The molecule has 0 saturated carbocycles. The predicted octanol–water partition coefficient (Wildman–Crippen LogP) is 2.40. The van der Waals surface area contributed by atoms with Crippen molar-refractivity contribution in [2.75, 3.05) is 13.1 Å². The Morgan fingerprint density at radius 1 is 1.38 bits per heavy atom. The molecule has 2 atom stereocenters. The zero-order valence-corrected chi connectivity index (χ0v) is 15.3. The van der Waals surface area contributed by atoms with E-state index in [4.69, 9.17) is 5.73 Å². The number of likely N-dealkylation sites (tertiary alicyclic amines) is 1. The van der Waals surface area contributed by atoms with Gasteiger partial charge in [-0.25, -0.2) is 4.68 Å². The Kier molecular flexibility index (Phi) is 6.33.